The van der Waals surface area contributed by atoms with Crippen LogP contribution >= 0.6 is 0 Å². The monoisotopic (exact) mass is 330 g/mol. The number of nitriles is 1. The molecule has 25 heavy (non-hydrogen) atoms. The van der Waals surface area contributed by atoms with Crippen molar-refractivity contribution in [3.63, 3.8) is 0 Å². The third-order valence-corrected chi connectivity index (χ3v) is 4.42. The van der Waals surface area contributed by atoms with E-state index >= 15 is 0 Å². The number of nitrogens with zero attached hydrogens (tertiary/aromatic N) is 4. The van der Waals surface area contributed by atoms with Crippen LogP contribution in [0.4, 0.5) is 0 Å². The Morgan fingerprint density at radius 3 is 2.96 bits per heavy atom. The van der Waals surface area contributed by atoms with Crippen molar-refractivity contribution in [3.8, 4) is 28.6 Å². The van der Waals surface area contributed by atoms with Gasteiger partial charge in [0.2, 0.25) is 0 Å². The highest BCUT2D eigenvalue weighted by Crippen LogP contribution is 2.26. The lowest BCUT2D eigenvalue weighted by molar-refractivity contribution is 0.0940. The first kappa shape index (κ1) is 15.6. The average molecular weight is 330 g/mol. The molecule has 0 bridgehead atoms. The predicted molar refractivity (Wildman–Crippen MR) is 94.6 cm³/mol. The number of aromatic nitrogens is 3. The van der Waals surface area contributed by atoms with Crippen LogP contribution in [-0.4, -0.2) is 27.5 Å². The van der Waals surface area contributed by atoms with E-state index in [1.165, 1.54) is 0 Å². The summed E-state index contributed by atoms with van der Waals surface area (Å²) in [5.74, 6) is 0. The summed E-state index contributed by atoms with van der Waals surface area (Å²) in [6, 6.07) is 15.8. The van der Waals surface area contributed by atoms with E-state index in [-0.39, 0.29) is 6.10 Å². The van der Waals surface area contributed by atoms with Gasteiger partial charge in [0.25, 0.3) is 0 Å². The molecule has 1 atom stereocenters. The zero-order valence-electron chi connectivity index (χ0n) is 13.8. The van der Waals surface area contributed by atoms with Crippen molar-refractivity contribution in [2.24, 2.45) is 0 Å². The molecule has 5 nitrogen and oxygen atoms in total. The van der Waals surface area contributed by atoms with E-state index in [2.05, 4.69) is 16.2 Å². The molecule has 1 aliphatic heterocycles. The summed E-state index contributed by atoms with van der Waals surface area (Å²) in [5, 5.41) is 14.0. The van der Waals surface area contributed by atoms with Gasteiger partial charge >= 0.3 is 0 Å². The first-order chi connectivity index (χ1) is 12.3. The van der Waals surface area contributed by atoms with Crippen molar-refractivity contribution >= 4 is 0 Å². The smallest absolute Gasteiger partial charge is 0.101 e. The van der Waals surface area contributed by atoms with Gasteiger partial charge in [0, 0.05) is 30.1 Å². The van der Waals surface area contributed by atoms with Crippen molar-refractivity contribution in [2.75, 3.05) is 6.61 Å². The van der Waals surface area contributed by atoms with Gasteiger partial charge in [-0.2, -0.15) is 10.4 Å². The average Bonchev–Trinajstić information content (AvgIpc) is 3.34. The number of rotatable bonds is 4. The molecule has 1 saturated heterocycles. The Bertz CT molecular complexity index is 919. The quantitative estimate of drug-likeness (QED) is 0.732. The van der Waals surface area contributed by atoms with Gasteiger partial charge in [0.1, 0.15) is 6.07 Å². The van der Waals surface area contributed by atoms with Crippen LogP contribution in [0.15, 0.2) is 54.9 Å². The van der Waals surface area contributed by atoms with E-state index in [0.717, 1.165) is 42.8 Å². The second kappa shape index (κ2) is 6.88. The topological polar surface area (TPSA) is 63.7 Å². The highest BCUT2D eigenvalue weighted by Gasteiger charge is 2.16. The summed E-state index contributed by atoms with van der Waals surface area (Å²) < 4.78 is 7.62. The molecule has 5 heteroatoms. The lowest BCUT2D eigenvalue weighted by Gasteiger charge is -2.09. The third-order valence-electron chi connectivity index (χ3n) is 4.42. The number of hydrogen-bond acceptors (Lipinski definition) is 4. The van der Waals surface area contributed by atoms with E-state index in [1.807, 2.05) is 41.2 Å². The van der Waals surface area contributed by atoms with Crippen molar-refractivity contribution in [2.45, 2.75) is 25.5 Å². The van der Waals surface area contributed by atoms with Crippen LogP contribution in [0.5, 0.6) is 0 Å². The van der Waals surface area contributed by atoms with E-state index in [1.54, 1.807) is 18.3 Å². The molecule has 2 aromatic heterocycles. The van der Waals surface area contributed by atoms with E-state index in [4.69, 9.17) is 4.74 Å². The molecule has 0 N–H and O–H groups in total. The van der Waals surface area contributed by atoms with Gasteiger partial charge in [-0.25, -0.2) is 0 Å². The number of pyridine rings is 1. The van der Waals surface area contributed by atoms with Crippen molar-refractivity contribution < 1.29 is 4.74 Å². The maximum Gasteiger partial charge on any atom is 0.101 e. The summed E-state index contributed by atoms with van der Waals surface area (Å²) in [6.07, 6.45) is 6.20. The Hall–Kier alpha value is -2.97. The minimum absolute atomic E-state index is 0.269. The molecule has 0 amide bonds. The van der Waals surface area contributed by atoms with E-state index in [9.17, 15) is 5.26 Å². The molecular weight excluding hydrogens is 312 g/mol. The maximum atomic E-state index is 9.29. The molecule has 3 heterocycles. The van der Waals surface area contributed by atoms with Gasteiger partial charge in [0.15, 0.2) is 0 Å². The van der Waals surface area contributed by atoms with Crippen LogP contribution < -0.4 is 0 Å². The largest absolute Gasteiger partial charge is 0.376 e. The predicted octanol–water partition coefficient (Wildman–Crippen LogP) is 3.66. The first-order valence-corrected chi connectivity index (χ1v) is 8.44. The first-order valence-electron chi connectivity index (χ1n) is 8.44. The zero-order valence-corrected chi connectivity index (χ0v) is 13.8. The lowest BCUT2D eigenvalue weighted by Crippen LogP contribution is -2.15. The molecule has 124 valence electrons. The fourth-order valence-corrected chi connectivity index (χ4v) is 3.17. The number of benzene rings is 1. The molecule has 0 spiro atoms. The van der Waals surface area contributed by atoms with E-state index in [0.29, 0.717) is 11.3 Å². The SMILES string of the molecule is N#Cc1cccnc1-c1cccc(-c2ccn(CC3CCCO3)n2)c1. The van der Waals surface area contributed by atoms with Gasteiger partial charge in [0.05, 0.1) is 29.6 Å². The van der Waals surface area contributed by atoms with Crippen LogP contribution in [-0.2, 0) is 11.3 Å². The summed E-state index contributed by atoms with van der Waals surface area (Å²) in [7, 11) is 0. The molecule has 0 aliphatic carbocycles. The van der Waals surface area contributed by atoms with Gasteiger partial charge in [-0.15, -0.1) is 0 Å². The second-order valence-electron chi connectivity index (χ2n) is 6.15. The van der Waals surface area contributed by atoms with Gasteiger partial charge in [-0.3, -0.25) is 9.67 Å². The Morgan fingerprint density at radius 2 is 2.12 bits per heavy atom. The molecular formula is C20H18N4O. The Kier molecular flexibility index (Phi) is 4.28. The van der Waals surface area contributed by atoms with Gasteiger partial charge < -0.3 is 4.74 Å². The van der Waals surface area contributed by atoms with Gasteiger partial charge in [-0.1, -0.05) is 18.2 Å². The lowest BCUT2D eigenvalue weighted by atomic mass is 10.0. The molecule has 1 aromatic carbocycles. The molecule has 0 saturated carbocycles. The van der Waals surface area contributed by atoms with Crippen LogP contribution in [0, 0.1) is 11.3 Å². The van der Waals surface area contributed by atoms with Crippen molar-refractivity contribution in [3.05, 3.63) is 60.4 Å². The maximum absolute atomic E-state index is 9.29. The molecule has 0 radical (unpaired) electrons. The normalized spacial score (nSPS) is 16.7. The van der Waals surface area contributed by atoms with Crippen LogP contribution in [0.1, 0.15) is 18.4 Å². The summed E-state index contributed by atoms with van der Waals surface area (Å²) in [6.45, 7) is 1.64. The Balaban J connectivity index is 1.61. The second-order valence-corrected chi connectivity index (χ2v) is 6.15. The Labute approximate surface area is 146 Å². The summed E-state index contributed by atoms with van der Waals surface area (Å²) in [5.41, 5.74) is 4.12. The van der Waals surface area contributed by atoms with Crippen LogP contribution in [0.2, 0.25) is 0 Å². The third kappa shape index (κ3) is 3.30. The molecule has 3 aromatic rings. The summed E-state index contributed by atoms with van der Waals surface area (Å²) in [4.78, 5) is 4.36. The zero-order chi connectivity index (χ0) is 17.1. The number of hydrogen-bond donors (Lipinski definition) is 0. The highest BCUT2D eigenvalue weighted by molar-refractivity contribution is 5.72. The van der Waals surface area contributed by atoms with Crippen LogP contribution in [0.3, 0.4) is 0 Å². The molecule has 4 rings (SSSR count). The van der Waals surface area contributed by atoms with E-state index < -0.39 is 0 Å². The molecule has 1 fully saturated rings. The van der Waals surface area contributed by atoms with Gasteiger partial charge in [-0.05, 0) is 37.1 Å². The minimum atomic E-state index is 0.269. The Morgan fingerprint density at radius 1 is 1.20 bits per heavy atom. The number of ether oxygens (including phenoxy) is 1. The summed E-state index contributed by atoms with van der Waals surface area (Å²) >= 11 is 0. The van der Waals surface area contributed by atoms with Crippen LogP contribution in [0.25, 0.3) is 22.5 Å². The highest BCUT2D eigenvalue weighted by atomic mass is 16.5. The standard InChI is InChI=1S/C20H18N4O/c21-13-17-6-2-9-22-20(17)16-5-1-4-15(12-16)19-8-10-24(23-19)14-18-7-3-11-25-18/h1-2,4-6,8-10,12,18H,3,7,11,14H2. The minimum Gasteiger partial charge on any atom is -0.376 e. The molecule has 1 unspecified atom stereocenters. The molecule has 1 aliphatic rings. The fourth-order valence-electron chi connectivity index (χ4n) is 3.17. The fraction of sp³-hybridized carbons (Fsp3) is 0.250. The van der Waals surface area contributed by atoms with Crippen molar-refractivity contribution in [1.29, 1.82) is 5.26 Å². The van der Waals surface area contributed by atoms with Crippen molar-refractivity contribution in [1.82, 2.24) is 14.8 Å².